The summed E-state index contributed by atoms with van der Waals surface area (Å²) < 4.78 is 0. The van der Waals surface area contributed by atoms with Gasteiger partial charge < -0.3 is 15.5 Å². The van der Waals surface area contributed by atoms with Crippen LogP contribution in [0.3, 0.4) is 0 Å². The highest BCUT2D eigenvalue weighted by Gasteiger charge is 2.23. The summed E-state index contributed by atoms with van der Waals surface area (Å²) >= 11 is 0. The number of aromatic nitrogens is 1. The zero-order chi connectivity index (χ0) is 23.4. The molecule has 4 nitrogen and oxygen atoms in total. The van der Waals surface area contributed by atoms with E-state index in [2.05, 4.69) is 119 Å². The monoisotopic (exact) mass is 454 g/mol. The zero-order valence-electron chi connectivity index (χ0n) is 19.6. The molecular formula is C31H26N4. The molecule has 0 saturated carbocycles. The van der Waals surface area contributed by atoms with E-state index in [0.29, 0.717) is 0 Å². The average molecular weight is 455 g/mol. The topological polar surface area (TPSA) is 40.2 Å². The Labute approximate surface area is 205 Å². The predicted octanol–water partition coefficient (Wildman–Crippen LogP) is 7.06. The van der Waals surface area contributed by atoms with Crippen LogP contribution < -0.4 is 15.5 Å². The van der Waals surface area contributed by atoms with Crippen molar-refractivity contribution in [2.24, 2.45) is 0 Å². The van der Waals surface area contributed by atoms with E-state index in [1.165, 1.54) is 39.2 Å². The molecule has 0 spiro atoms. The summed E-state index contributed by atoms with van der Waals surface area (Å²) in [5.74, 6) is 0. The summed E-state index contributed by atoms with van der Waals surface area (Å²) in [5, 5.41) is 8.67. The number of hydrogen-bond donors (Lipinski definition) is 2. The minimum absolute atomic E-state index is 0.118. The van der Waals surface area contributed by atoms with Crippen LogP contribution in [0.4, 0.5) is 17.1 Å². The maximum absolute atomic E-state index is 4.63. The van der Waals surface area contributed by atoms with Gasteiger partial charge in [-0.1, -0.05) is 91.1 Å². The summed E-state index contributed by atoms with van der Waals surface area (Å²) in [6, 6.07) is 22.0. The van der Waals surface area contributed by atoms with Crippen molar-refractivity contribution in [1.82, 2.24) is 4.98 Å². The number of pyridine rings is 1. The highest BCUT2D eigenvalue weighted by molar-refractivity contribution is 5.96. The van der Waals surface area contributed by atoms with Crippen LogP contribution in [0.15, 0.2) is 85.1 Å². The van der Waals surface area contributed by atoms with E-state index in [1.54, 1.807) is 0 Å². The molecule has 3 aliphatic heterocycles. The summed E-state index contributed by atoms with van der Waals surface area (Å²) in [6.45, 7) is 0.935. The van der Waals surface area contributed by atoms with Crippen molar-refractivity contribution in [3.63, 3.8) is 0 Å². The molecule has 0 fully saturated rings. The van der Waals surface area contributed by atoms with Crippen LogP contribution in [0.2, 0.25) is 0 Å². The van der Waals surface area contributed by atoms with Gasteiger partial charge in [-0.3, -0.25) is 4.98 Å². The van der Waals surface area contributed by atoms with Gasteiger partial charge in [-0.25, -0.2) is 0 Å². The molecule has 170 valence electrons. The quantitative estimate of drug-likeness (QED) is 0.340. The van der Waals surface area contributed by atoms with Gasteiger partial charge in [0.05, 0.1) is 34.7 Å². The molecule has 2 atom stereocenters. The molecule has 3 aliphatic rings. The van der Waals surface area contributed by atoms with E-state index >= 15 is 0 Å². The second-order valence-electron chi connectivity index (χ2n) is 9.48. The Kier molecular flexibility index (Phi) is 4.52. The van der Waals surface area contributed by atoms with E-state index in [1.807, 2.05) is 12.3 Å². The van der Waals surface area contributed by atoms with Crippen molar-refractivity contribution < 1.29 is 0 Å². The van der Waals surface area contributed by atoms with E-state index < -0.39 is 0 Å². The molecule has 0 saturated heterocycles. The Morgan fingerprint density at radius 1 is 0.743 bits per heavy atom. The van der Waals surface area contributed by atoms with Crippen LogP contribution in [0.25, 0.3) is 29.1 Å². The molecule has 0 radical (unpaired) electrons. The number of likely N-dealkylation sites (N-methyl/N-ethyl adjacent to an activating group) is 1. The molecule has 1 aromatic heterocycles. The van der Waals surface area contributed by atoms with Crippen LogP contribution in [-0.2, 0) is 0 Å². The van der Waals surface area contributed by atoms with Crippen LogP contribution >= 0.6 is 0 Å². The van der Waals surface area contributed by atoms with Crippen molar-refractivity contribution in [3.8, 4) is 0 Å². The lowest BCUT2D eigenvalue weighted by Crippen LogP contribution is -2.24. The van der Waals surface area contributed by atoms with Crippen LogP contribution in [0, 0.1) is 0 Å². The van der Waals surface area contributed by atoms with E-state index in [-0.39, 0.29) is 12.1 Å². The van der Waals surface area contributed by atoms with Gasteiger partial charge in [-0.05, 0) is 33.9 Å². The summed E-state index contributed by atoms with van der Waals surface area (Å²) in [6.07, 6.45) is 15.2. The highest BCUT2D eigenvalue weighted by atomic mass is 15.1. The Balaban J connectivity index is 1.16. The standard InChI is InChI=1S/C31H26N4/c1-35-19-3-5-25-13-12-24-15-17-27(34-30(24)31(25)35)21-8-6-20(7-9-21)26-16-14-23-11-10-22-4-2-18-32-28(22)29(23)33-26/h2-18,26-27,33-34H,19H2,1H3. The van der Waals surface area contributed by atoms with Crippen molar-refractivity contribution in [2.75, 3.05) is 29.1 Å². The molecule has 0 aliphatic carbocycles. The van der Waals surface area contributed by atoms with Crippen LogP contribution in [-0.4, -0.2) is 18.6 Å². The molecular weight excluding hydrogens is 428 g/mol. The molecule has 4 aromatic rings. The molecule has 0 amide bonds. The van der Waals surface area contributed by atoms with E-state index in [4.69, 9.17) is 0 Å². The fourth-order valence-electron chi connectivity index (χ4n) is 5.45. The lowest BCUT2D eigenvalue weighted by atomic mass is 9.93. The van der Waals surface area contributed by atoms with Gasteiger partial charge >= 0.3 is 0 Å². The van der Waals surface area contributed by atoms with Gasteiger partial charge in [-0.15, -0.1) is 0 Å². The second-order valence-corrected chi connectivity index (χ2v) is 9.48. The zero-order valence-corrected chi connectivity index (χ0v) is 19.6. The lowest BCUT2D eigenvalue weighted by Gasteiger charge is -2.32. The maximum atomic E-state index is 4.63. The molecule has 3 aromatic carbocycles. The Bertz CT molecular complexity index is 1540. The van der Waals surface area contributed by atoms with Gasteiger partial charge in [0.1, 0.15) is 0 Å². The van der Waals surface area contributed by atoms with E-state index in [0.717, 1.165) is 23.1 Å². The Morgan fingerprint density at radius 3 is 2.17 bits per heavy atom. The first-order valence-electron chi connectivity index (χ1n) is 12.2. The second kappa shape index (κ2) is 7.88. The minimum atomic E-state index is 0.118. The minimum Gasteiger partial charge on any atom is -0.373 e. The van der Waals surface area contributed by atoms with Gasteiger partial charge in [-0.2, -0.15) is 0 Å². The third-order valence-corrected chi connectivity index (χ3v) is 7.30. The average Bonchev–Trinajstić information content (AvgIpc) is 2.92. The Hall–Kier alpha value is -4.31. The third kappa shape index (κ3) is 3.33. The van der Waals surface area contributed by atoms with Crippen molar-refractivity contribution in [1.29, 1.82) is 0 Å². The number of benzene rings is 3. The summed E-state index contributed by atoms with van der Waals surface area (Å²) in [7, 11) is 2.16. The van der Waals surface area contributed by atoms with Crippen molar-refractivity contribution in [3.05, 3.63) is 113 Å². The number of nitrogens with one attached hydrogen (secondary N) is 2. The molecule has 35 heavy (non-hydrogen) atoms. The SMILES string of the molecule is CN1CC=Cc2ccc3c(c21)NC(c1ccc(C2C=Cc4ccc5cccnc5c4N2)cc1)C=C3. The molecule has 2 unspecified atom stereocenters. The maximum Gasteiger partial charge on any atom is 0.0939 e. The van der Waals surface area contributed by atoms with Gasteiger partial charge in [0.2, 0.25) is 0 Å². The number of anilines is 3. The number of nitrogens with zero attached hydrogens (tertiary/aromatic N) is 2. The van der Waals surface area contributed by atoms with Gasteiger partial charge in [0.15, 0.2) is 0 Å². The summed E-state index contributed by atoms with van der Waals surface area (Å²) in [5.41, 5.74) is 10.8. The number of rotatable bonds is 2. The molecule has 2 N–H and O–H groups in total. The fourth-order valence-corrected chi connectivity index (χ4v) is 5.45. The largest absolute Gasteiger partial charge is 0.373 e. The molecule has 0 bridgehead atoms. The molecule has 4 heterocycles. The van der Waals surface area contributed by atoms with Crippen molar-refractivity contribution >= 4 is 46.2 Å². The number of hydrogen-bond acceptors (Lipinski definition) is 4. The fraction of sp³-hybridized carbons (Fsp3) is 0.129. The van der Waals surface area contributed by atoms with Gasteiger partial charge in [0.25, 0.3) is 0 Å². The third-order valence-electron chi connectivity index (χ3n) is 7.30. The highest BCUT2D eigenvalue weighted by Crippen LogP contribution is 2.41. The van der Waals surface area contributed by atoms with E-state index in [9.17, 15) is 0 Å². The first kappa shape index (κ1) is 20.1. The van der Waals surface area contributed by atoms with Crippen molar-refractivity contribution in [2.45, 2.75) is 12.1 Å². The van der Waals surface area contributed by atoms with Crippen LogP contribution in [0.1, 0.15) is 39.9 Å². The first-order chi connectivity index (χ1) is 17.2. The number of fused-ring (bicyclic) bond motifs is 6. The predicted molar refractivity (Wildman–Crippen MR) is 148 cm³/mol. The summed E-state index contributed by atoms with van der Waals surface area (Å²) in [4.78, 5) is 6.95. The lowest BCUT2D eigenvalue weighted by molar-refractivity contribution is 0.945. The smallest absolute Gasteiger partial charge is 0.0939 e. The Morgan fingerprint density at radius 2 is 1.40 bits per heavy atom. The molecule has 7 rings (SSSR count). The van der Waals surface area contributed by atoms with Gasteiger partial charge in [0, 0.05) is 25.2 Å². The van der Waals surface area contributed by atoms with Crippen LogP contribution in [0.5, 0.6) is 0 Å². The first-order valence-corrected chi connectivity index (χ1v) is 12.2. The normalized spacial score (nSPS) is 19.5. The molecule has 4 heteroatoms.